The maximum Gasteiger partial charge on any atom is 0.215 e. The average molecular weight is 410 g/mol. The van der Waals surface area contributed by atoms with Gasteiger partial charge >= 0.3 is 0 Å². The molecule has 8 nitrogen and oxygen atoms in total. The highest BCUT2D eigenvalue weighted by molar-refractivity contribution is 7.89. The van der Waals surface area contributed by atoms with Gasteiger partial charge < -0.3 is 18.9 Å². The first kappa shape index (κ1) is 21.2. The molecule has 2 aliphatic heterocycles. The molecule has 1 aromatic carbocycles. The van der Waals surface area contributed by atoms with Crippen molar-refractivity contribution in [3.05, 3.63) is 35.9 Å². The lowest BCUT2D eigenvalue weighted by molar-refractivity contribution is -0.218. The van der Waals surface area contributed by atoms with Gasteiger partial charge in [-0.15, -0.1) is 0 Å². The Morgan fingerprint density at radius 2 is 1.93 bits per heavy atom. The molecule has 0 N–H and O–H groups in total. The second kappa shape index (κ2) is 7.71. The molecule has 28 heavy (non-hydrogen) atoms. The highest BCUT2D eigenvalue weighted by atomic mass is 32.2. The number of rotatable bonds is 7. The number of likely N-dealkylation sites (N-methyl/N-ethyl adjacent to an activating group) is 1. The molecule has 0 spiro atoms. The minimum atomic E-state index is -3.70. The molecule has 154 valence electrons. The van der Waals surface area contributed by atoms with E-state index < -0.39 is 39.8 Å². The number of nitriles is 1. The quantitative estimate of drug-likeness (QED) is 0.674. The van der Waals surface area contributed by atoms with Gasteiger partial charge in [-0.3, -0.25) is 0 Å². The summed E-state index contributed by atoms with van der Waals surface area (Å²) >= 11 is 0. The van der Waals surface area contributed by atoms with Crippen molar-refractivity contribution in [3.63, 3.8) is 0 Å². The lowest BCUT2D eigenvalue weighted by atomic mass is 9.90. The van der Waals surface area contributed by atoms with Crippen molar-refractivity contribution >= 4 is 10.0 Å². The van der Waals surface area contributed by atoms with Gasteiger partial charge in [-0.25, -0.2) is 8.42 Å². The molecule has 1 aromatic rings. The van der Waals surface area contributed by atoms with Gasteiger partial charge in [0.1, 0.15) is 12.2 Å². The van der Waals surface area contributed by atoms with Crippen molar-refractivity contribution in [1.29, 1.82) is 5.26 Å². The van der Waals surface area contributed by atoms with Crippen molar-refractivity contribution in [2.45, 2.75) is 57.2 Å². The molecule has 2 saturated heterocycles. The Balaban J connectivity index is 1.86. The SMILES string of the molecule is CCS(=O)(=O)N(C)[C@]1(C#N)[C@@H](COCc2ccccc2)O[C@@H]2OC(C)(C)O[C@@H]21. The fourth-order valence-corrected chi connectivity index (χ4v) is 4.72. The van der Waals surface area contributed by atoms with Gasteiger partial charge in [0.25, 0.3) is 0 Å². The molecule has 0 aromatic heterocycles. The molecule has 0 saturated carbocycles. The second-order valence-electron chi connectivity index (χ2n) is 7.36. The molecular formula is C19H26N2O6S. The van der Waals surface area contributed by atoms with Crippen molar-refractivity contribution in [1.82, 2.24) is 4.31 Å². The maximum absolute atomic E-state index is 12.6. The van der Waals surface area contributed by atoms with Crippen LogP contribution in [0.5, 0.6) is 0 Å². The van der Waals surface area contributed by atoms with E-state index in [1.165, 1.54) is 14.0 Å². The minimum Gasteiger partial charge on any atom is -0.374 e. The highest BCUT2D eigenvalue weighted by Crippen LogP contribution is 2.46. The molecular weight excluding hydrogens is 384 g/mol. The van der Waals surface area contributed by atoms with Crippen LogP contribution in [0.3, 0.4) is 0 Å². The molecule has 2 fully saturated rings. The fraction of sp³-hybridized carbons (Fsp3) is 0.632. The number of hydrogen-bond donors (Lipinski definition) is 0. The number of nitrogens with zero attached hydrogens (tertiary/aromatic N) is 2. The Morgan fingerprint density at radius 3 is 2.54 bits per heavy atom. The van der Waals surface area contributed by atoms with E-state index in [1.807, 2.05) is 30.3 Å². The summed E-state index contributed by atoms with van der Waals surface area (Å²) in [4.78, 5) is 0. The molecule has 4 atom stereocenters. The van der Waals surface area contributed by atoms with Gasteiger partial charge in [0.15, 0.2) is 17.6 Å². The molecule has 0 amide bonds. The molecule has 0 unspecified atom stereocenters. The third kappa shape index (κ3) is 3.68. The Labute approximate surface area is 166 Å². The zero-order valence-electron chi connectivity index (χ0n) is 16.5. The Hall–Kier alpha value is -1.54. The van der Waals surface area contributed by atoms with Gasteiger partial charge in [0, 0.05) is 7.05 Å². The summed E-state index contributed by atoms with van der Waals surface area (Å²) in [6.45, 7) is 5.26. The molecule has 2 heterocycles. The van der Waals surface area contributed by atoms with E-state index in [4.69, 9.17) is 18.9 Å². The summed E-state index contributed by atoms with van der Waals surface area (Å²) in [5.74, 6) is -1.13. The zero-order chi connectivity index (χ0) is 20.6. The number of benzene rings is 1. The molecule has 9 heteroatoms. The van der Waals surface area contributed by atoms with Crippen LogP contribution in [0.1, 0.15) is 26.3 Å². The average Bonchev–Trinajstić information content (AvgIpc) is 3.11. The second-order valence-corrected chi connectivity index (χ2v) is 9.64. The van der Waals surface area contributed by atoms with Crippen LogP contribution in [-0.4, -0.2) is 62.0 Å². The predicted octanol–water partition coefficient (Wildman–Crippen LogP) is 1.62. The number of sulfonamides is 1. The molecule has 0 aliphatic carbocycles. The first-order valence-electron chi connectivity index (χ1n) is 9.17. The summed E-state index contributed by atoms with van der Waals surface area (Å²) in [6.07, 6.45) is -2.60. The third-order valence-corrected chi connectivity index (χ3v) is 7.01. The first-order chi connectivity index (χ1) is 13.2. The van der Waals surface area contributed by atoms with E-state index in [0.717, 1.165) is 9.87 Å². The van der Waals surface area contributed by atoms with Gasteiger partial charge in [-0.1, -0.05) is 30.3 Å². The molecule has 3 rings (SSSR count). The van der Waals surface area contributed by atoms with Crippen LogP contribution in [0.15, 0.2) is 30.3 Å². The maximum atomic E-state index is 12.6. The number of fused-ring (bicyclic) bond motifs is 1. The van der Waals surface area contributed by atoms with Crippen LogP contribution in [0.4, 0.5) is 0 Å². The Morgan fingerprint density at radius 1 is 1.25 bits per heavy atom. The van der Waals surface area contributed by atoms with E-state index in [9.17, 15) is 13.7 Å². The van der Waals surface area contributed by atoms with Gasteiger partial charge in [0.2, 0.25) is 10.0 Å². The van der Waals surface area contributed by atoms with Crippen LogP contribution in [0.25, 0.3) is 0 Å². The lowest BCUT2D eigenvalue weighted by Crippen LogP contribution is -2.62. The topological polar surface area (TPSA) is 98.1 Å². The van der Waals surface area contributed by atoms with Crippen molar-refractivity contribution in [3.8, 4) is 6.07 Å². The van der Waals surface area contributed by atoms with Crippen LogP contribution >= 0.6 is 0 Å². The summed E-state index contributed by atoms with van der Waals surface area (Å²) < 4.78 is 49.7. The Kier molecular flexibility index (Phi) is 5.83. The smallest absolute Gasteiger partial charge is 0.215 e. The molecule has 0 radical (unpaired) electrons. The van der Waals surface area contributed by atoms with Gasteiger partial charge in [0.05, 0.1) is 25.0 Å². The van der Waals surface area contributed by atoms with E-state index in [-0.39, 0.29) is 12.4 Å². The van der Waals surface area contributed by atoms with Crippen LogP contribution in [0, 0.1) is 11.3 Å². The van der Waals surface area contributed by atoms with E-state index in [0.29, 0.717) is 6.61 Å². The summed E-state index contributed by atoms with van der Waals surface area (Å²) in [5, 5.41) is 10.1. The summed E-state index contributed by atoms with van der Waals surface area (Å²) in [5.41, 5.74) is -0.629. The van der Waals surface area contributed by atoms with E-state index >= 15 is 0 Å². The van der Waals surface area contributed by atoms with Gasteiger partial charge in [-0.2, -0.15) is 9.57 Å². The monoisotopic (exact) mass is 410 g/mol. The molecule has 0 bridgehead atoms. The van der Waals surface area contributed by atoms with E-state index in [2.05, 4.69) is 6.07 Å². The predicted molar refractivity (Wildman–Crippen MR) is 100 cm³/mol. The minimum absolute atomic E-state index is 0.0200. The molecule has 2 aliphatic rings. The first-order valence-corrected chi connectivity index (χ1v) is 10.8. The third-order valence-electron chi connectivity index (χ3n) is 5.14. The number of ether oxygens (including phenoxy) is 4. The van der Waals surface area contributed by atoms with E-state index in [1.54, 1.807) is 13.8 Å². The normalized spacial score (nSPS) is 31.6. The zero-order valence-corrected chi connectivity index (χ0v) is 17.3. The standard InChI is InChI=1S/C19H26N2O6S/c1-5-28(22,23)21(4)19(13-20)15(12-24-11-14-9-7-6-8-10-14)25-17-16(19)26-18(2,3)27-17/h6-10,15-17H,5,11-12H2,1-4H3/t15-,16+,17-,19-/m1/s1. The van der Waals surface area contributed by atoms with Crippen molar-refractivity contribution in [2.75, 3.05) is 19.4 Å². The summed E-state index contributed by atoms with van der Waals surface area (Å²) in [7, 11) is -2.32. The highest BCUT2D eigenvalue weighted by Gasteiger charge is 2.68. The Bertz CT molecular complexity index is 838. The largest absolute Gasteiger partial charge is 0.374 e. The summed E-state index contributed by atoms with van der Waals surface area (Å²) in [6, 6.07) is 11.7. The fourth-order valence-electron chi connectivity index (χ4n) is 3.61. The van der Waals surface area contributed by atoms with Crippen molar-refractivity contribution < 1.29 is 27.4 Å². The van der Waals surface area contributed by atoms with Crippen LogP contribution < -0.4 is 0 Å². The van der Waals surface area contributed by atoms with Crippen LogP contribution in [0.2, 0.25) is 0 Å². The number of hydrogen-bond acceptors (Lipinski definition) is 7. The lowest BCUT2D eigenvalue weighted by Gasteiger charge is -2.38. The van der Waals surface area contributed by atoms with Crippen molar-refractivity contribution in [2.24, 2.45) is 0 Å². The van der Waals surface area contributed by atoms with Gasteiger partial charge in [-0.05, 0) is 26.3 Å². The van der Waals surface area contributed by atoms with Crippen LogP contribution in [-0.2, 0) is 35.6 Å².